The SMILES string of the molecule is COc1cc(F)c(O[C@H]2CC[C@@](C)(C(=O)O)CC2)cc1C(=O)NC1=C/C=C\C=C/C=C\1C(=O)NCC1(C)CCC1. The number of carbonyl (C=O) groups excluding carboxylic acids is 2. The molecular weight excluding hydrogens is 515 g/mol. The smallest absolute Gasteiger partial charge is 0.309 e. The molecule has 214 valence electrons. The van der Waals surface area contributed by atoms with Crippen molar-refractivity contribution < 1.29 is 33.4 Å². The predicted octanol–water partition coefficient (Wildman–Crippen LogP) is 5.22. The molecule has 2 fully saturated rings. The average molecular weight is 553 g/mol. The Balaban J connectivity index is 1.51. The molecule has 0 saturated heterocycles. The van der Waals surface area contributed by atoms with Gasteiger partial charge in [-0.1, -0.05) is 37.6 Å². The van der Waals surface area contributed by atoms with Crippen LogP contribution in [0.1, 0.15) is 69.2 Å². The normalized spacial score (nSPS) is 27.6. The fraction of sp³-hybridized carbons (Fsp3) is 0.452. The van der Waals surface area contributed by atoms with Gasteiger partial charge in [-0.2, -0.15) is 0 Å². The Hall–Kier alpha value is -3.88. The van der Waals surface area contributed by atoms with Crippen molar-refractivity contribution >= 4 is 17.8 Å². The summed E-state index contributed by atoms with van der Waals surface area (Å²) in [5.41, 5.74) is -0.127. The van der Waals surface area contributed by atoms with Gasteiger partial charge in [0.1, 0.15) is 5.75 Å². The van der Waals surface area contributed by atoms with Crippen molar-refractivity contribution in [1.29, 1.82) is 0 Å². The summed E-state index contributed by atoms with van der Waals surface area (Å²) < 4.78 is 26.1. The molecule has 0 bridgehead atoms. The van der Waals surface area contributed by atoms with E-state index < -0.39 is 23.1 Å². The Morgan fingerprint density at radius 1 is 0.975 bits per heavy atom. The Kier molecular flexibility index (Phi) is 8.81. The van der Waals surface area contributed by atoms with Crippen molar-refractivity contribution in [3.8, 4) is 11.5 Å². The standard InChI is InChI=1S/C31H37FN2O6/c1-30(13-8-14-30)19-33-27(35)21-9-6-4-5-7-10-24(21)34-28(36)22-17-26(23(32)18-25(22)39-3)40-20-11-15-31(2,16-12-20)29(37)38/h4-7,9-10,17-18,20H,8,11-16,19H2,1-3H3,(H,33,35)(H,34,36)(H,37,38)/b5-4?,6-4-,7-5-,9-6?,10-7?,21-9+,24-10+,24-21?/t20-,31+. The molecule has 1 aromatic carbocycles. The molecule has 2 saturated carbocycles. The third-order valence-electron chi connectivity index (χ3n) is 8.22. The number of aliphatic carboxylic acids is 1. The Labute approximate surface area is 234 Å². The topological polar surface area (TPSA) is 114 Å². The quantitative estimate of drug-likeness (QED) is 0.387. The minimum absolute atomic E-state index is 0.0132. The highest BCUT2D eigenvalue weighted by atomic mass is 19.1. The molecule has 0 atom stereocenters. The van der Waals surface area contributed by atoms with E-state index in [1.54, 1.807) is 43.4 Å². The van der Waals surface area contributed by atoms with Crippen LogP contribution in [0.25, 0.3) is 0 Å². The number of ether oxygens (including phenoxy) is 2. The van der Waals surface area contributed by atoms with Gasteiger partial charge in [-0.25, -0.2) is 4.39 Å². The summed E-state index contributed by atoms with van der Waals surface area (Å²) in [6, 6.07) is 2.38. The lowest BCUT2D eigenvalue weighted by Crippen LogP contribution is -2.41. The van der Waals surface area contributed by atoms with Crippen LogP contribution in [-0.4, -0.2) is 42.6 Å². The maximum Gasteiger partial charge on any atom is 0.309 e. The summed E-state index contributed by atoms with van der Waals surface area (Å²) in [4.78, 5) is 38.2. The second-order valence-electron chi connectivity index (χ2n) is 11.4. The number of benzene rings is 1. The van der Waals surface area contributed by atoms with E-state index in [2.05, 4.69) is 17.6 Å². The second kappa shape index (κ2) is 12.1. The summed E-state index contributed by atoms with van der Waals surface area (Å²) in [7, 11) is 1.34. The minimum Gasteiger partial charge on any atom is -0.496 e. The molecule has 0 heterocycles. The maximum atomic E-state index is 14.9. The van der Waals surface area contributed by atoms with Gasteiger partial charge in [-0.3, -0.25) is 14.4 Å². The molecule has 0 aromatic heterocycles. The first-order valence-electron chi connectivity index (χ1n) is 13.7. The summed E-state index contributed by atoms with van der Waals surface area (Å²) in [5.74, 6) is -2.56. The number of hydrogen-bond donors (Lipinski definition) is 3. The van der Waals surface area contributed by atoms with Crippen LogP contribution in [0.3, 0.4) is 0 Å². The highest BCUT2D eigenvalue weighted by Crippen LogP contribution is 2.40. The molecule has 2 amide bonds. The molecule has 3 aliphatic carbocycles. The number of rotatable bonds is 9. The third kappa shape index (κ3) is 6.63. The molecule has 8 nitrogen and oxygen atoms in total. The highest BCUT2D eigenvalue weighted by Gasteiger charge is 2.38. The van der Waals surface area contributed by atoms with E-state index in [4.69, 9.17) is 9.47 Å². The van der Waals surface area contributed by atoms with Gasteiger partial charge in [-0.15, -0.1) is 0 Å². The van der Waals surface area contributed by atoms with E-state index >= 15 is 0 Å². The van der Waals surface area contributed by atoms with Crippen LogP contribution >= 0.6 is 0 Å². The predicted molar refractivity (Wildman–Crippen MR) is 148 cm³/mol. The van der Waals surface area contributed by atoms with Gasteiger partial charge in [0.05, 0.1) is 35.5 Å². The zero-order valence-corrected chi connectivity index (χ0v) is 23.2. The maximum absolute atomic E-state index is 14.9. The number of allylic oxidation sites excluding steroid dienone is 6. The molecule has 9 heteroatoms. The molecule has 3 N–H and O–H groups in total. The van der Waals surface area contributed by atoms with Crippen molar-refractivity contribution in [2.75, 3.05) is 13.7 Å². The van der Waals surface area contributed by atoms with Gasteiger partial charge < -0.3 is 25.2 Å². The number of methoxy groups -OCH3 is 1. The minimum atomic E-state index is -0.853. The van der Waals surface area contributed by atoms with Crippen LogP contribution in [0.2, 0.25) is 0 Å². The first-order chi connectivity index (χ1) is 19.0. The molecule has 0 spiro atoms. The number of amides is 2. The molecule has 4 rings (SSSR count). The van der Waals surface area contributed by atoms with Gasteiger partial charge in [0.25, 0.3) is 11.8 Å². The molecule has 1 aromatic rings. The van der Waals surface area contributed by atoms with E-state index in [-0.39, 0.29) is 45.8 Å². The fourth-order valence-corrected chi connectivity index (χ4v) is 5.17. The molecule has 40 heavy (non-hydrogen) atoms. The molecule has 0 unspecified atom stereocenters. The number of halogens is 1. The van der Waals surface area contributed by atoms with E-state index in [0.29, 0.717) is 32.2 Å². The second-order valence-corrected chi connectivity index (χ2v) is 11.4. The first-order valence-corrected chi connectivity index (χ1v) is 13.7. The lowest BCUT2D eigenvalue weighted by Gasteiger charge is -2.38. The van der Waals surface area contributed by atoms with E-state index in [9.17, 15) is 23.9 Å². The zero-order chi connectivity index (χ0) is 28.9. The number of nitrogens with one attached hydrogen (secondary N) is 2. The van der Waals surface area contributed by atoms with E-state index in [1.165, 1.54) is 13.2 Å². The third-order valence-corrected chi connectivity index (χ3v) is 8.22. The zero-order valence-electron chi connectivity index (χ0n) is 23.2. The summed E-state index contributed by atoms with van der Waals surface area (Å²) in [6.45, 7) is 4.39. The number of carbonyl (C=O) groups is 3. The lowest BCUT2D eigenvalue weighted by atomic mass is 9.70. The van der Waals surface area contributed by atoms with Crippen LogP contribution < -0.4 is 20.1 Å². The Bertz CT molecular complexity index is 1280. The van der Waals surface area contributed by atoms with Crippen molar-refractivity contribution in [2.45, 2.75) is 64.9 Å². The molecule has 0 aliphatic heterocycles. The fourth-order valence-electron chi connectivity index (χ4n) is 5.17. The number of carboxylic acids is 1. The Morgan fingerprint density at radius 3 is 2.25 bits per heavy atom. The summed E-state index contributed by atoms with van der Waals surface area (Å²) >= 11 is 0. The molecular formula is C31H37FN2O6. The largest absolute Gasteiger partial charge is 0.496 e. The van der Waals surface area contributed by atoms with E-state index in [1.807, 2.05) is 0 Å². The van der Waals surface area contributed by atoms with Crippen LogP contribution in [0, 0.1) is 16.6 Å². The van der Waals surface area contributed by atoms with Crippen LogP contribution in [0.5, 0.6) is 11.5 Å². The monoisotopic (exact) mass is 552 g/mol. The summed E-state index contributed by atoms with van der Waals surface area (Å²) in [6.07, 6.45) is 14.9. The van der Waals surface area contributed by atoms with Crippen molar-refractivity contribution in [3.63, 3.8) is 0 Å². The van der Waals surface area contributed by atoms with Crippen LogP contribution in [-0.2, 0) is 9.59 Å². The summed E-state index contributed by atoms with van der Waals surface area (Å²) in [5, 5.41) is 15.3. The van der Waals surface area contributed by atoms with Gasteiger partial charge in [0.2, 0.25) is 0 Å². The molecule has 3 aliphatic rings. The molecule has 0 radical (unpaired) electrons. The average Bonchev–Trinajstić information content (AvgIpc) is 2.89. The van der Waals surface area contributed by atoms with Gasteiger partial charge in [0.15, 0.2) is 11.6 Å². The van der Waals surface area contributed by atoms with E-state index in [0.717, 1.165) is 25.3 Å². The number of hydrogen-bond acceptors (Lipinski definition) is 5. The van der Waals surface area contributed by atoms with Crippen LogP contribution in [0.4, 0.5) is 4.39 Å². The highest BCUT2D eigenvalue weighted by molar-refractivity contribution is 6.03. The van der Waals surface area contributed by atoms with Crippen LogP contribution in [0.15, 0.2) is 59.9 Å². The van der Waals surface area contributed by atoms with Crippen molar-refractivity contribution in [1.82, 2.24) is 10.6 Å². The number of carboxylic acid groups (broad SMARTS) is 1. The van der Waals surface area contributed by atoms with Gasteiger partial charge in [0, 0.05) is 12.6 Å². The van der Waals surface area contributed by atoms with Crippen molar-refractivity contribution in [2.24, 2.45) is 10.8 Å². The first kappa shape index (κ1) is 29.1. The Morgan fingerprint density at radius 2 is 1.65 bits per heavy atom. The lowest BCUT2D eigenvalue weighted by molar-refractivity contribution is -0.150. The van der Waals surface area contributed by atoms with Crippen molar-refractivity contribution in [3.05, 3.63) is 71.2 Å². The van der Waals surface area contributed by atoms with Gasteiger partial charge in [-0.05, 0) is 69.1 Å². The van der Waals surface area contributed by atoms with Gasteiger partial charge >= 0.3 is 5.97 Å².